The van der Waals surface area contributed by atoms with Crippen LogP contribution in [0, 0.1) is 5.92 Å². The molecule has 0 fully saturated rings. The molecule has 186 valence electrons. The van der Waals surface area contributed by atoms with Crippen molar-refractivity contribution >= 4 is 17.4 Å². The van der Waals surface area contributed by atoms with Crippen molar-refractivity contribution in [3.05, 3.63) is 105 Å². The molecule has 0 aliphatic heterocycles. The fourth-order valence-electron chi connectivity index (χ4n) is 3.95. The van der Waals surface area contributed by atoms with E-state index >= 15 is 0 Å². The van der Waals surface area contributed by atoms with Gasteiger partial charge in [0.05, 0.1) is 24.8 Å². The number of H-pyrrole nitrogens is 1. The van der Waals surface area contributed by atoms with Crippen LogP contribution in [0.25, 0.3) is 5.69 Å². The summed E-state index contributed by atoms with van der Waals surface area (Å²) in [5.41, 5.74) is 7.50. The molecule has 9 heteroatoms. The Morgan fingerprint density at radius 1 is 1.03 bits per heavy atom. The first-order valence-electron chi connectivity index (χ1n) is 11.9. The van der Waals surface area contributed by atoms with Crippen LogP contribution < -0.4 is 21.9 Å². The molecule has 0 aliphatic carbocycles. The van der Waals surface area contributed by atoms with Gasteiger partial charge in [0.2, 0.25) is 5.91 Å². The largest absolute Gasteiger partial charge is 0.383 e. The Morgan fingerprint density at radius 3 is 2.36 bits per heavy atom. The number of nitrogens with zero attached hydrogens (tertiary/aromatic N) is 4. The zero-order valence-electron chi connectivity index (χ0n) is 20.4. The minimum absolute atomic E-state index is 0.00775. The topological polar surface area (TPSA) is 119 Å². The van der Waals surface area contributed by atoms with Crippen molar-refractivity contribution in [2.24, 2.45) is 5.92 Å². The molecular formula is C27H30N6O3. The van der Waals surface area contributed by atoms with Gasteiger partial charge in [-0.2, -0.15) is 5.10 Å². The Kier molecular flexibility index (Phi) is 7.48. The summed E-state index contributed by atoms with van der Waals surface area (Å²) in [4.78, 5) is 42.8. The third-order valence-electron chi connectivity index (χ3n) is 5.91. The molecule has 0 radical (unpaired) electrons. The van der Waals surface area contributed by atoms with Crippen molar-refractivity contribution in [3.63, 3.8) is 0 Å². The number of amides is 1. The maximum atomic E-state index is 13.5. The van der Waals surface area contributed by atoms with E-state index in [1.54, 1.807) is 17.1 Å². The van der Waals surface area contributed by atoms with Crippen LogP contribution in [0.15, 0.2) is 82.6 Å². The molecule has 0 saturated heterocycles. The predicted octanol–water partition coefficient (Wildman–Crippen LogP) is 2.97. The van der Waals surface area contributed by atoms with Crippen molar-refractivity contribution < 1.29 is 4.79 Å². The van der Waals surface area contributed by atoms with Gasteiger partial charge in [0.1, 0.15) is 5.82 Å². The van der Waals surface area contributed by atoms with Crippen molar-refractivity contribution in [2.75, 3.05) is 17.2 Å². The van der Waals surface area contributed by atoms with Crippen LogP contribution in [-0.4, -0.2) is 31.8 Å². The SMILES string of the molecule is CC(C)CCN(C(=O)Cc1cnn(-c2ccccc2)c1)c1c(N)n(Cc2ccccc2)c(=O)[nH]c1=O. The summed E-state index contributed by atoms with van der Waals surface area (Å²) in [5, 5.41) is 4.36. The van der Waals surface area contributed by atoms with Crippen molar-refractivity contribution in [2.45, 2.75) is 33.2 Å². The van der Waals surface area contributed by atoms with E-state index in [4.69, 9.17) is 5.73 Å². The smallest absolute Gasteiger partial charge is 0.330 e. The van der Waals surface area contributed by atoms with Crippen LogP contribution >= 0.6 is 0 Å². The number of nitrogens with one attached hydrogen (secondary N) is 1. The molecule has 4 aromatic rings. The van der Waals surface area contributed by atoms with E-state index in [2.05, 4.69) is 10.1 Å². The van der Waals surface area contributed by atoms with E-state index in [1.807, 2.05) is 74.5 Å². The molecule has 0 unspecified atom stereocenters. The quantitative estimate of drug-likeness (QED) is 0.377. The molecule has 0 bridgehead atoms. The number of benzene rings is 2. The summed E-state index contributed by atoms with van der Waals surface area (Å²) in [6.45, 7) is 4.54. The molecule has 0 atom stereocenters. The highest BCUT2D eigenvalue weighted by Gasteiger charge is 2.25. The van der Waals surface area contributed by atoms with E-state index in [-0.39, 0.29) is 36.3 Å². The highest BCUT2D eigenvalue weighted by atomic mass is 16.2. The third-order valence-corrected chi connectivity index (χ3v) is 5.91. The number of carbonyl (C=O) groups is 1. The zero-order chi connectivity index (χ0) is 25.7. The van der Waals surface area contributed by atoms with Gasteiger partial charge in [-0.05, 0) is 35.6 Å². The van der Waals surface area contributed by atoms with Gasteiger partial charge in [0.15, 0.2) is 5.69 Å². The summed E-state index contributed by atoms with van der Waals surface area (Å²) >= 11 is 0. The summed E-state index contributed by atoms with van der Waals surface area (Å²) in [6.07, 6.45) is 4.11. The molecule has 3 N–H and O–H groups in total. The first-order chi connectivity index (χ1) is 17.3. The molecule has 0 aliphatic rings. The Labute approximate surface area is 208 Å². The van der Waals surface area contributed by atoms with Crippen molar-refractivity contribution in [1.29, 1.82) is 0 Å². The molecule has 36 heavy (non-hydrogen) atoms. The molecule has 4 rings (SSSR count). The van der Waals surface area contributed by atoms with Gasteiger partial charge >= 0.3 is 5.69 Å². The van der Waals surface area contributed by atoms with Gasteiger partial charge in [-0.1, -0.05) is 62.4 Å². The number of nitrogens with two attached hydrogens (primary N) is 1. The summed E-state index contributed by atoms with van der Waals surface area (Å²) in [7, 11) is 0. The van der Waals surface area contributed by atoms with Crippen LogP contribution in [-0.2, 0) is 17.8 Å². The Hall–Kier alpha value is -4.40. The average Bonchev–Trinajstić information content (AvgIpc) is 3.33. The second-order valence-corrected chi connectivity index (χ2v) is 9.10. The maximum absolute atomic E-state index is 13.5. The van der Waals surface area contributed by atoms with Gasteiger partial charge in [-0.25, -0.2) is 9.48 Å². The Balaban J connectivity index is 1.67. The molecule has 0 saturated carbocycles. The monoisotopic (exact) mass is 486 g/mol. The minimum Gasteiger partial charge on any atom is -0.383 e. The molecule has 0 spiro atoms. The number of hydrogen-bond donors (Lipinski definition) is 2. The van der Waals surface area contributed by atoms with E-state index in [1.165, 1.54) is 9.47 Å². The summed E-state index contributed by atoms with van der Waals surface area (Å²) in [6, 6.07) is 18.9. The lowest BCUT2D eigenvalue weighted by Crippen LogP contribution is -2.42. The van der Waals surface area contributed by atoms with Gasteiger partial charge in [0, 0.05) is 12.7 Å². The normalized spacial score (nSPS) is 11.1. The molecule has 2 heterocycles. The first kappa shape index (κ1) is 24.7. The van der Waals surface area contributed by atoms with Crippen LogP contribution in [0.5, 0.6) is 0 Å². The van der Waals surface area contributed by atoms with Gasteiger partial charge in [-0.15, -0.1) is 0 Å². The van der Waals surface area contributed by atoms with Crippen LogP contribution in [0.4, 0.5) is 11.5 Å². The summed E-state index contributed by atoms with van der Waals surface area (Å²) < 4.78 is 2.98. The highest BCUT2D eigenvalue weighted by Crippen LogP contribution is 2.21. The van der Waals surface area contributed by atoms with E-state index < -0.39 is 11.2 Å². The molecule has 2 aromatic heterocycles. The van der Waals surface area contributed by atoms with Crippen LogP contribution in [0.3, 0.4) is 0 Å². The number of para-hydroxylation sites is 1. The number of hydrogen-bond acceptors (Lipinski definition) is 5. The lowest BCUT2D eigenvalue weighted by atomic mass is 10.1. The fraction of sp³-hybridized carbons (Fsp3) is 0.259. The molecule has 2 aromatic carbocycles. The van der Waals surface area contributed by atoms with Crippen molar-refractivity contribution in [3.8, 4) is 5.69 Å². The van der Waals surface area contributed by atoms with E-state index in [9.17, 15) is 14.4 Å². The number of nitrogen functional groups attached to an aromatic ring is 1. The molecule has 1 amide bonds. The number of aromatic nitrogens is 4. The molecular weight excluding hydrogens is 456 g/mol. The van der Waals surface area contributed by atoms with Crippen LogP contribution in [0.2, 0.25) is 0 Å². The van der Waals surface area contributed by atoms with Gasteiger partial charge in [0.25, 0.3) is 5.56 Å². The fourth-order valence-corrected chi connectivity index (χ4v) is 3.95. The second-order valence-electron chi connectivity index (χ2n) is 9.10. The maximum Gasteiger partial charge on any atom is 0.330 e. The third kappa shape index (κ3) is 5.63. The van der Waals surface area contributed by atoms with Gasteiger partial charge in [-0.3, -0.25) is 19.1 Å². The Morgan fingerprint density at radius 2 is 1.69 bits per heavy atom. The second kappa shape index (κ2) is 10.9. The van der Waals surface area contributed by atoms with E-state index in [0.29, 0.717) is 18.5 Å². The average molecular weight is 487 g/mol. The highest BCUT2D eigenvalue weighted by molar-refractivity contribution is 5.96. The predicted molar refractivity (Wildman–Crippen MR) is 140 cm³/mol. The van der Waals surface area contributed by atoms with E-state index in [0.717, 1.165) is 11.3 Å². The zero-order valence-corrected chi connectivity index (χ0v) is 20.4. The lowest BCUT2D eigenvalue weighted by Gasteiger charge is -2.25. The minimum atomic E-state index is -0.682. The molecule has 9 nitrogen and oxygen atoms in total. The summed E-state index contributed by atoms with van der Waals surface area (Å²) in [5.74, 6) is -0.0493. The Bertz CT molecular complexity index is 1440. The number of carbonyl (C=O) groups excluding carboxylic acids is 1. The lowest BCUT2D eigenvalue weighted by molar-refractivity contribution is -0.118. The standard InChI is InChI=1S/C27H30N6O3/c1-19(2)13-14-31(23(34)15-21-16-29-33(18-21)22-11-7-4-8-12-22)24-25(28)32(27(36)30-26(24)35)17-20-9-5-3-6-10-20/h3-12,16,18-19H,13-15,17,28H2,1-2H3,(H,30,35,36). The van der Waals surface area contributed by atoms with Gasteiger partial charge < -0.3 is 10.6 Å². The van der Waals surface area contributed by atoms with Crippen LogP contribution in [0.1, 0.15) is 31.4 Å². The van der Waals surface area contributed by atoms with Crippen molar-refractivity contribution in [1.82, 2.24) is 19.3 Å². The number of aromatic amines is 1. The number of anilines is 2. The number of rotatable bonds is 9. The first-order valence-corrected chi connectivity index (χ1v) is 11.9.